The van der Waals surface area contributed by atoms with Crippen molar-refractivity contribution in [3.8, 4) is 0 Å². The van der Waals surface area contributed by atoms with Crippen LogP contribution in [0.15, 0.2) is 66.7 Å². The lowest BCUT2D eigenvalue weighted by Crippen LogP contribution is -2.25. The van der Waals surface area contributed by atoms with Crippen molar-refractivity contribution in [1.82, 2.24) is 10.2 Å². The van der Waals surface area contributed by atoms with Gasteiger partial charge in [-0.15, -0.1) is 0 Å². The third kappa shape index (κ3) is 5.68. The maximum absolute atomic E-state index is 12.8. The molecule has 4 nitrogen and oxygen atoms in total. The summed E-state index contributed by atoms with van der Waals surface area (Å²) in [5.41, 5.74) is 1.80. The minimum absolute atomic E-state index is 0.254. The Labute approximate surface area is 140 Å². The first-order valence-corrected chi connectivity index (χ1v) is 7.54. The molecule has 0 aliphatic rings. The van der Waals surface area contributed by atoms with Crippen LogP contribution in [-0.2, 0) is 22.7 Å². The van der Waals surface area contributed by atoms with Crippen molar-refractivity contribution in [2.24, 2.45) is 0 Å². The van der Waals surface area contributed by atoms with Crippen molar-refractivity contribution in [2.45, 2.75) is 13.1 Å². The number of amides is 2. The molecule has 0 unspecified atom stereocenters. The number of likely N-dealkylation sites (N-methyl/N-ethyl adjacent to an activating group) is 1. The first kappa shape index (κ1) is 17.4. The smallest absolute Gasteiger partial charge is 0.246 e. The van der Waals surface area contributed by atoms with Crippen LogP contribution >= 0.6 is 0 Å². The van der Waals surface area contributed by atoms with Crippen molar-refractivity contribution in [2.75, 3.05) is 7.05 Å². The van der Waals surface area contributed by atoms with E-state index >= 15 is 0 Å². The van der Waals surface area contributed by atoms with Crippen LogP contribution in [-0.4, -0.2) is 23.8 Å². The van der Waals surface area contributed by atoms with Gasteiger partial charge >= 0.3 is 0 Å². The zero-order valence-electron chi connectivity index (χ0n) is 13.4. The first-order chi connectivity index (χ1) is 11.5. The lowest BCUT2D eigenvalue weighted by molar-refractivity contribution is -0.125. The average Bonchev–Trinajstić information content (AvgIpc) is 2.60. The van der Waals surface area contributed by atoms with E-state index in [4.69, 9.17) is 0 Å². The number of rotatable bonds is 6. The fourth-order valence-corrected chi connectivity index (χ4v) is 2.06. The summed E-state index contributed by atoms with van der Waals surface area (Å²) in [6, 6.07) is 15.5. The fourth-order valence-electron chi connectivity index (χ4n) is 2.06. The van der Waals surface area contributed by atoms with Crippen LogP contribution in [0.1, 0.15) is 11.1 Å². The monoisotopic (exact) mass is 326 g/mol. The van der Waals surface area contributed by atoms with E-state index in [0.29, 0.717) is 6.54 Å². The summed E-state index contributed by atoms with van der Waals surface area (Å²) in [6.45, 7) is 0.749. The quantitative estimate of drug-likeness (QED) is 0.830. The van der Waals surface area contributed by atoms with Gasteiger partial charge in [0.1, 0.15) is 5.82 Å². The van der Waals surface area contributed by atoms with Gasteiger partial charge in [-0.1, -0.05) is 42.5 Å². The molecule has 0 radical (unpaired) electrons. The first-order valence-electron chi connectivity index (χ1n) is 7.54. The topological polar surface area (TPSA) is 49.4 Å². The number of carbonyl (C=O) groups is 2. The van der Waals surface area contributed by atoms with E-state index in [9.17, 15) is 14.0 Å². The van der Waals surface area contributed by atoms with E-state index in [0.717, 1.165) is 11.1 Å². The summed E-state index contributed by atoms with van der Waals surface area (Å²) in [5, 5.41) is 2.64. The number of carbonyl (C=O) groups excluding carboxylic acids is 2. The Kier molecular flexibility index (Phi) is 6.25. The number of hydrogen-bond acceptors (Lipinski definition) is 2. The number of nitrogens with one attached hydrogen (secondary N) is 1. The molecule has 0 aliphatic carbocycles. The average molecular weight is 326 g/mol. The van der Waals surface area contributed by atoms with Crippen molar-refractivity contribution >= 4 is 11.8 Å². The Balaban J connectivity index is 1.79. The van der Waals surface area contributed by atoms with E-state index in [2.05, 4.69) is 5.32 Å². The molecule has 2 rings (SSSR count). The Morgan fingerprint density at radius 1 is 1.00 bits per heavy atom. The van der Waals surface area contributed by atoms with Gasteiger partial charge in [-0.05, 0) is 23.3 Å². The lowest BCUT2D eigenvalue weighted by atomic mass is 10.2. The van der Waals surface area contributed by atoms with Crippen LogP contribution < -0.4 is 5.32 Å². The highest BCUT2D eigenvalue weighted by atomic mass is 19.1. The van der Waals surface area contributed by atoms with E-state index in [1.165, 1.54) is 29.2 Å². The van der Waals surface area contributed by atoms with Crippen LogP contribution in [0.25, 0.3) is 0 Å². The van der Waals surface area contributed by atoms with E-state index in [1.54, 1.807) is 19.2 Å². The van der Waals surface area contributed by atoms with Gasteiger partial charge in [0.05, 0.1) is 0 Å². The standard InChI is InChI=1S/C19H19FN2O2/c1-22(14-16-5-3-2-4-6-16)19(24)12-11-18(23)21-13-15-7-9-17(20)10-8-15/h2-12H,13-14H2,1H3,(H,21,23)/b12-11+. The molecule has 5 heteroatoms. The molecule has 2 aromatic carbocycles. The molecule has 0 heterocycles. The highest BCUT2D eigenvalue weighted by molar-refractivity contribution is 5.96. The molecule has 0 bridgehead atoms. The predicted molar refractivity (Wildman–Crippen MR) is 90.3 cm³/mol. The molecule has 0 aliphatic heterocycles. The van der Waals surface area contributed by atoms with Crippen LogP contribution in [0.2, 0.25) is 0 Å². The van der Waals surface area contributed by atoms with Gasteiger partial charge in [-0.3, -0.25) is 9.59 Å². The second kappa shape index (κ2) is 8.62. The van der Waals surface area contributed by atoms with Gasteiger partial charge in [0.2, 0.25) is 11.8 Å². The molecule has 0 saturated carbocycles. The molecule has 24 heavy (non-hydrogen) atoms. The second-order valence-corrected chi connectivity index (χ2v) is 5.36. The van der Waals surface area contributed by atoms with Crippen molar-refractivity contribution in [1.29, 1.82) is 0 Å². The van der Waals surface area contributed by atoms with Gasteiger partial charge in [-0.2, -0.15) is 0 Å². The molecule has 0 atom stereocenters. The van der Waals surface area contributed by atoms with Crippen molar-refractivity contribution < 1.29 is 14.0 Å². The number of benzene rings is 2. The zero-order chi connectivity index (χ0) is 17.4. The molecule has 124 valence electrons. The second-order valence-electron chi connectivity index (χ2n) is 5.36. The van der Waals surface area contributed by atoms with Gasteiger partial charge in [0.25, 0.3) is 0 Å². The summed E-state index contributed by atoms with van der Waals surface area (Å²) < 4.78 is 12.8. The summed E-state index contributed by atoms with van der Waals surface area (Å²) >= 11 is 0. The van der Waals surface area contributed by atoms with Gasteiger partial charge in [0, 0.05) is 32.3 Å². The van der Waals surface area contributed by atoms with Gasteiger partial charge < -0.3 is 10.2 Å². The van der Waals surface area contributed by atoms with Crippen LogP contribution in [0.4, 0.5) is 4.39 Å². The summed E-state index contributed by atoms with van der Waals surface area (Å²) in [6.07, 6.45) is 2.44. The van der Waals surface area contributed by atoms with E-state index < -0.39 is 0 Å². The van der Waals surface area contributed by atoms with Gasteiger partial charge in [0.15, 0.2) is 0 Å². The molecule has 0 saturated heterocycles. The molecular weight excluding hydrogens is 307 g/mol. The largest absolute Gasteiger partial charge is 0.348 e. The predicted octanol–water partition coefficient (Wildman–Crippen LogP) is 2.66. The molecule has 0 fully saturated rings. The third-order valence-electron chi connectivity index (χ3n) is 3.40. The highest BCUT2D eigenvalue weighted by Crippen LogP contribution is 2.04. The van der Waals surface area contributed by atoms with E-state index in [1.807, 2.05) is 30.3 Å². The van der Waals surface area contributed by atoms with Crippen LogP contribution in [0.5, 0.6) is 0 Å². The summed E-state index contributed by atoms with van der Waals surface area (Å²) in [5.74, 6) is -0.950. The molecule has 2 aromatic rings. The van der Waals surface area contributed by atoms with Gasteiger partial charge in [-0.25, -0.2) is 4.39 Å². The Hall–Kier alpha value is -2.95. The molecule has 0 spiro atoms. The molecule has 2 amide bonds. The van der Waals surface area contributed by atoms with Crippen LogP contribution in [0.3, 0.4) is 0 Å². The molecule has 0 aromatic heterocycles. The highest BCUT2D eigenvalue weighted by Gasteiger charge is 2.06. The maximum Gasteiger partial charge on any atom is 0.246 e. The normalized spacial score (nSPS) is 10.6. The minimum atomic E-state index is -0.374. The lowest BCUT2D eigenvalue weighted by Gasteiger charge is -2.14. The Morgan fingerprint density at radius 2 is 1.67 bits per heavy atom. The van der Waals surface area contributed by atoms with E-state index in [-0.39, 0.29) is 24.2 Å². The molecular formula is C19H19FN2O2. The zero-order valence-corrected chi connectivity index (χ0v) is 13.4. The SMILES string of the molecule is CN(Cc1ccccc1)C(=O)/C=C/C(=O)NCc1ccc(F)cc1. The number of halogens is 1. The number of nitrogens with zero attached hydrogens (tertiary/aromatic N) is 1. The van der Waals surface area contributed by atoms with Crippen LogP contribution in [0, 0.1) is 5.82 Å². The summed E-state index contributed by atoms with van der Waals surface area (Å²) in [4.78, 5) is 25.2. The Bertz CT molecular complexity index is 712. The Morgan fingerprint density at radius 3 is 2.33 bits per heavy atom. The number of hydrogen-bond donors (Lipinski definition) is 1. The third-order valence-corrected chi connectivity index (χ3v) is 3.40. The van der Waals surface area contributed by atoms with Crippen molar-refractivity contribution in [3.05, 3.63) is 83.7 Å². The maximum atomic E-state index is 12.8. The molecule has 1 N–H and O–H groups in total. The van der Waals surface area contributed by atoms with Crippen molar-refractivity contribution in [3.63, 3.8) is 0 Å². The minimum Gasteiger partial charge on any atom is -0.348 e. The fraction of sp³-hybridized carbons (Fsp3) is 0.158. The summed E-state index contributed by atoms with van der Waals surface area (Å²) in [7, 11) is 1.68.